The number of amidine groups is 1. The number of halogens is 1. The number of thiophene rings is 1. The molecular weight excluding hydrogens is 298 g/mol. The summed E-state index contributed by atoms with van der Waals surface area (Å²) in [7, 11) is 0. The van der Waals surface area contributed by atoms with Gasteiger partial charge < -0.3 is 16.3 Å². The maximum atomic E-state index is 12.1. The minimum absolute atomic E-state index is 0.0514. The maximum Gasteiger partial charge on any atom is 0.266 e. The van der Waals surface area contributed by atoms with Crippen LogP contribution in [-0.4, -0.2) is 17.0 Å². The number of nitrogens with one attached hydrogen (secondary N) is 1. The standard InChI is InChI=1S/C13H12ClN3O2S/c1-7-4-5-20-11(7)13(18)16-10-6-8(12(15)17-19)2-3-9(10)14/h2-6,19H,1H3,(H2,15,17)(H,16,18). The van der Waals surface area contributed by atoms with E-state index in [1.807, 2.05) is 18.4 Å². The largest absolute Gasteiger partial charge is 0.409 e. The maximum absolute atomic E-state index is 12.1. The molecule has 2 aromatic rings. The van der Waals surface area contributed by atoms with Gasteiger partial charge in [0.25, 0.3) is 5.91 Å². The number of benzene rings is 1. The highest BCUT2D eigenvalue weighted by molar-refractivity contribution is 7.12. The van der Waals surface area contributed by atoms with Crippen LogP contribution >= 0.6 is 22.9 Å². The van der Waals surface area contributed by atoms with Crippen molar-refractivity contribution in [2.75, 3.05) is 5.32 Å². The number of hydrogen-bond donors (Lipinski definition) is 3. The monoisotopic (exact) mass is 309 g/mol. The highest BCUT2D eigenvalue weighted by Gasteiger charge is 2.13. The molecule has 0 aliphatic rings. The number of nitrogens with zero attached hydrogens (tertiary/aromatic N) is 1. The molecule has 7 heteroatoms. The number of carbonyl (C=O) groups excluding carboxylic acids is 1. The number of aryl methyl sites for hydroxylation is 1. The van der Waals surface area contributed by atoms with Crippen LogP contribution in [0.3, 0.4) is 0 Å². The first-order chi connectivity index (χ1) is 9.52. The van der Waals surface area contributed by atoms with Gasteiger partial charge in [-0.2, -0.15) is 0 Å². The molecule has 0 atom stereocenters. The van der Waals surface area contributed by atoms with Crippen LogP contribution < -0.4 is 11.1 Å². The molecule has 1 heterocycles. The first-order valence-electron chi connectivity index (χ1n) is 5.66. The second kappa shape index (κ2) is 5.94. The summed E-state index contributed by atoms with van der Waals surface area (Å²) in [5.41, 5.74) is 7.29. The van der Waals surface area contributed by atoms with E-state index in [1.54, 1.807) is 18.2 Å². The van der Waals surface area contributed by atoms with E-state index in [4.69, 9.17) is 22.5 Å². The highest BCUT2D eigenvalue weighted by atomic mass is 35.5. The van der Waals surface area contributed by atoms with Gasteiger partial charge in [-0.15, -0.1) is 11.3 Å². The number of carbonyl (C=O) groups is 1. The molecule has 0 fully saturated rings. The van der Waals surface area contributed by atoms with E-state index >= 15 is 0 Å². The zero-order valence-electron chi connectivity index (χ0n) is 10.6. The second-order valence-corrected chi connectivity index (χ2v) is 5.39. The van der Waals surface area contributed by atoms with Crippen molar-refractivity contribution in [2.24, 2.45) is 10.9 Å². The van der Waals surface area contributed by atoms with Crippen LogP contribution in [0, 0.1) is 6.92 Å². The molecule has 1 amide bonds. The fraction of sp³-hybridized carbons (Fsp3) is 0.0769. The lowest BCUT2D eigenvalue weighted by atomic mass is 10.2. The van der Waals surface area contributed by atoms with E-state index in [0.717, 1.165) is 5.56 Å². The number of anilines is 1. The third kappa shape index (κ3) is 2.92. The molecule has 20 heavy (non-hydrogen) atoms. The van der Waals surface area contributed by atoms with Crippen LogP contribution in [0.4, 0.5) is 5.69 Å². The molecule has 0 aliphatic carbocycles. The summed E-state index contributed by atoms with van der Waals surface area (Å²) in [6.45, 7) is 1.86. The lowest BCUT2D eigenvalue weighted by Crippen LogP contribution is -2.15. The molecule has 4 N–H and O–H groups in total. The molecule has 104 valence electrons. The Bertz CT molecular complexity index is 682. The minimum atomic E-state index is -0.240. The summed E-state index contributed by atoms with van der Waals surface area (Å²) in [4.78, 5) is 12.7. The van der Waals surface area contributed by atoms with Crippen molar-refractivity contribution in [2.45, 2.75) is 6.92 Å². The highest BCUT2D eigenvalue weighted by Crippen LogP contribution is 2.25. The Kier molecular flexibility index (Phi) is 4.26. The van der Waals surface area contributed by atoms with Gasteiger partial charge >= 0.3 is 0 Å². The summed E-state index contributed by atoms with van der Waals surface area (Å²) in [5, 5.41) is 16.5. The lowest BCUT2D eigenvalue weighted by Gasteiger charge is -2.08. The van der Waals surface area contributed by atoms with E-state index in [-0.39, 0.29) is 11.7 Å². The molecule has 5 nitrogen and oxygen atoms in total. The van der Waals surface area contributed by atoms with E-state index in [2.05, 4.69) is 10.5 Å². The Morgan fingerprint density at radius 3 is 2.80 bits per heavy atom. The van der Waals surface area contributed by atoms with Gasteiger partial charge in [0.15, 0.2) is 5.84 Å². The molecule has 0 radical (unpaired) electrons. The third-order valence-corrected chi connectivity index (χ3v) is 4.03. The number of rotatable bonds is 3. The minimum Gasteiger partial charge on any atom is -0.409 e. The summed E-state index contributed by atoms with van der Waals surface area (Å²) >= 11 is 7.39. The molecule has 0 spiro atoms. The molecule has 2 rings (SSSR count). The molecule has 0 bridgehead atoms. The molecule has 1 aromatic carbocycles. The van der Waals surface area contributed by atoms with E-state index in [9.17, 15) is 4.79 Å². The van der Waals surface area contributed by atoms with Crippen molar-refractivity contribution in [1.29, 1.82) is 0 Å². The Hall–Kier alpha value is -2.05. The molecule has 0 aliphatic heterocycles. The number of nitrogens with two attached hydrogens (primary N) is 1. The predicted molar refractivity (Wildman–Crippen MR) is 81.0 cm³/mol. The van der Waals surface area contributed by atoms with Gasteiger partial charge in [0.2, 0.25) is 0 Å². The van der Waals surface area contributed by atoms with Crippen molar-refractivity contribution in [3.63, 3.8) is 0 Å². The molecule has 0 unspecified atom stereocenters. The first-order valence-corrected chi connectivity index (χ1v) is 6.91. The fourth-order valence-electron chi connectivity index (χ4n) is 1.62. The molecular formula is C13H12ClN3O2S. The Morgan fingerprint density at radius 2 is 2.20 bits per heavy atom. The second-order valence-electron chi connectivity index (χ2n) is 4.07. The van der Waals surface area contributed by atoms with Gasteiger partial charge in [0, 0.05) is 5.56 Å². The van der Waals surface area contributed by atoms with Crippen LogP contribution in [0.25, 0.3) is 0 Å². The van der Waals surface area contributed by atoms with Gasteiger partial charge in [-0.05, 0) is 42.1 Å². The van der Waals surface area contributed by atoms with Crippen LogP contribution in [-0.2, 0) is 0 Å². The topological polar surface area (TPSA) is 87.7 Å². The predicted octanol–water partition coefficient (Wildman–Crippen LogP) is 3.06. The van der Waals surface area contributed by atoms with Crippen LogP contribution in [0.1, 0.15) is 20.8 Å². The Labute approximate surface area is 124 Å². The van der Waals surface area contributed by atoms with Gasteiger partial charge in [-0.25, -0.2) is 0 Å². The van der Waals surface area contributed by atoms with E-state index < -0.39 is 0 Å². The summed E-state index contributed by atoms with van der Waals surface area (Å²) < 4.78 is 0. The van der Waals surface area contributed by atoms with E-state index in [1.165, 1.54) is 11.3 Å². The summed E-state index contributed by atoms with van der Waals surface area (Å²) in [5.74, 6) is -0.291. The van der Waals surface area contributed by atoms with Crippen molar-refractivity contribution >= 4 is 40.4 Å². The van der Waals surface area contributed by atoms with Crippen molar-refractivity contribution in [1.82, 2.24) is 0 Å². The number of oxime groups is 1. The number of hydrogen-bond acceptors (Lipinski definition) is 4. The van der Waals surface area contributed by atoms with Gasteiger partial charge in [-0.3, -0.25) is 4.79 Å². The van der Waals surface area contributed by atoms with Crippen molar-refractivity contribution in [3.8, 4) is 0 Å². The van der Waals surface area contributed by atoms with Crippen molar-refractivity contribution < 1.29 is 10.0 Å². The molecule has 1 aromatic heterocycles. The van der Waals surface area contributed by atoms with Gasteiger partial charge in [-0.1, -0.05) is 16.8 Å². The zero-order valence-corrected chi connectivity index (χ0v) is 12.1. The first kappa shape index (κ1) is 14.4. The average Bonchev–Trinajstić information content (AvgIpc) is 2.86. The molecule has 0 saturated heterocycles. The van der Waals surface area contributed by atoms with Crippen LogP contribution in [0.2, 0.25) is 5.02 Å². The summed E-state index contributed by atoms with van der Waals surface area (Å²) in [6, 6.07) is 6.60. The number of amides is 1. The van der Waals surface area contributed by atoms with Crippen molar-refractivity contribution in [3.05, 3.63) is 50.7 Å². The molecule has 0 saturated carbocycles. The fourth-order valence-corrected chi connectivity index (χ4v) is 2.61. The van der Waals surface area contributed by atoms with Crippen LogP contribution in [0.5, 0.6) is 0 Å². The normalized spacial score (nSPS) is 11.4. The van der Waals surface area contributed by atoms with Gasteiger partial charge in [0.05, 0.1) is 15.6 Å². The SMILES string of the molecule is Cc1ccsc1C(=O)Nc1cc(/C(N)=N/O)ccc1Cl. The zero-order chi connectivity index (χ0) is 14.7. The average molecular weight is 310 g/mol. The summed E-state index contributed by atoms with van der Waals surface area (Å²) in [6.07, 6.45) is 0. The van der Waals surface area contributed by atoms with Gasteiger partial charge in [0.1, 0.15) is 0 Å². The Morgan fingerprint density at radius 1 is 1.45 bits per heavy atom. The van der Waals surface area contributed by atoms with Crippen LogP contribution in [0.15, 0.2) is 34.8 Å². The quantitative estimate of drug-likeness (QED) is 0.352. The third-order valence-electron chi connectivity index (χ3n) is 2.69. The van der Waals surface area contributed by atoms with E-state index in [0.29, 0.717) is 21.2 Å². The lowest BCUT2D eigenvalue weighted by molar-refractivity contribution is 0.103. The smallest absolute Gasteiger partial charge is 0.266 e. The Balaban J connectivity index is 2.29.